The Labute approximate surface area is 117 Å². The summed E-state index contributed by atoms with van der Waals surface area (Å²) in [6.07, 6.45) is 0. The molecule has 1 aromatic rings. The number of aryl methyl sites for hydroxylation is 2. The van der Waals surface area contributed by atoms with Gasteiger partial charge in [0.15, 0.2) is 0 Å². The highest BCUT2D eigenvalue weighted by atomic mass is 15.1. The number of hydrogen-bond acceptors (Lipinski definition) is 3. The number of nitrogens with one attached hydrogen (secondary N) is 1. The van der Waals surface area contributed by atoms with Crippen molar-refractivity contribution in [3.05, 3.63) is 29.6 Å². The van der Waals surface area contributed by atoms with Gasteiger partial charge in [-0.2, -0.15) is 0 Å². The van der Waals surface area contributed by atoms with Gasteiger partial charge < -0.3 is 10.2 Å². The number of likely N-dealkylation sites (N-methyl/N-ethyl adjacent to an activating group) is 1. The number of pyridine rings is 1. The van der Waals surface area contributed by atoms with E-state index in [9.17, 15) is 0 Å². The third-order valence-electron chi connectivity index (χ3n) is 2.73. The van der Waals surface area contributed by atoms with Crippen molar-refractivity contribution in [2.75, 3.05) is 23.8 Å². The van der Waals surface area contributed by atoms with Crippen LogP contribution < -0.4 is 10.2 Å². The van der Waals surface area contributed by atoms with Crippen molar-refractivity contribution in [2.45, 2.75) is 47.1 Å². The minimum absolute atomic E-state index is 0.0144. The van der Waals surface area contributed by atoms with Crippen LogP contribution in [-0.2, 0) is 0 Å². The molecule has 3 nitrogen and oxygen atoms in total. The van der Waals surface area contributed by atoms with Crippen molar-refractivity contribution < 1.29 is 0 Å². The van der Waals surface area contributed by atoms with E-state index in [0.717, 1.165) is 29.2 Å². The largest absolute Gasteiger partial charge is 0.377 e. The van der Waals surface area contributed by atoms with E-state index in [2.05, 4.69) is 62.6 Å². The summed E-state index contributed by atoms with van der Waals surface area (Å²) in [5.74, 6) is 0. The smallest absolute Gasteiger partial charge is 0.0798 e. The van der Waals surface area contributed by atoms with Gasteiger partial charge in [0.25, 0.3) is 0 Å². The number of anilines is 2. The van der Waals surface area contributed by atoms with Crippen LogP contribution in [0, 0.1) is 13.8 Å². The molecule has 0 bridgehead atoms. The van der Waals surface area contributed by atoms with Crippen molar-refractivity contribution >= 4 is 11.4 Å². The number of nitrogens with zero attached hydrogens (tertiary/aromatic N) is 2. The SMILES string of the molecule is C=C(C)CN(C)c1cc(C)nc(C)c1NC(C)(C)C. The fourth-order valence-electron chi connectivity index (χ4n) is 2.13. The number of aromatic nitrogens is 1. The van der Waals surface area contributed by atoms with Gasteiger partial charge in [0.05, 0.1) is 17.1 Å². The Bertz CT molecular complexity index is 470. The molecular formula is C16H27N3. The van der Waals surface area contributed by atoms with Crippen molar-refractivity contribution in [3.63, 3.8) is 0 Å². The van der Waals surface area contributed by atoms with Crippen molar-refractivity contribution in [3.8, 4) is 0 Å². The molecule has 1 heterocycles. The van der Waals surface area contributed by atoms with E-state index < -0.39 is 0 Å². The maximum atomic E-state index is 4.57. The molecule has 0 saturated heterocycles. The summed E-state index contributed by atoms with van der Waals surface area (Å²) in [6.45, 7) is 17.5. The highest BCUT2D eigenvalue weighted by molar-refractivity contribution is 5.73. The predicted molar refractivity (Wildman–Crippen MR) is 85.2 cm³/mol. The summed E-state index contributed by atoms with van der Waals surface area (Å²) in [6, 6.07) is 2.13. The van der Waals surface area contributed by atoms with Crippen LogP contribution in [0.15, 0.2) is 18.2 Å². The van der Waals surface area contributed by atoms with E-state index in [0.29, 0.717) is 0 Å². The Morgan fingerprint density at radius 2 is 1.95 bits per heavy atom. The Kier molecular flexibility index (Phi) is 4.61. The molecule has 1 rings (SSSR count). The fourth-order valence-corrected chi connectivity index (χ4v) is 2.13. The van der Waals surface area contributed by atoms with Crippen LogP contribution in [0.25, 0.3) is 0 Å². The zero-order valence-electron chi connectivity index (χ0n) is 13.4. The van der Waals surface area contributed by atoms with E-state index in [1.165, 1.54) is 5.69 Å². The molecule has 0 atom stereocenters. The Morgan fingerprint density at radius 3 is 2.42 bits per heavy atom. The lowest BCUT2D eigenvalue weighted by atomic mass is 10.1. The average Bonchev–Trinajstić information content (AvgIpc) is 2.18. The first-order chi connectivity index (χ1) is 8.60. The average molecular weight is 261 g/mol. The molecular weight excluding hydrogens is 234 g/mol. The molecule has 0 aliphatic heterocycles. The summed E-state index contributed by atoms with van der Waals surface area (Å²) in [5.41, 5.74) is 5.54. The second-order valence-corrected chi connectivity index (χ2v) is 6.43. The van der Waals surface area contributed by atoms with Crippen LogP contribution in [0.3, 0.4) is 0 Å². The normalized spacial score (nSPS) is 11.3. The molecule has 0 fully saturated rings. The van der Waals surface area contributed by atoms with Crippen LogP contribution >= 0.6 is 0 Å². The number of hydrogen-bond donors (Lipinski definition) is 1. The summed E-state index contributed by atoms with van der Waals surface area (Å²) in [4.78, 5) is 6.79. The minimum atomic E-state index is 0.0144. The zero-order chi connectivity index (χ0) is 14.8. The van der Waals surface area contributed by atoms with Gasteiger partial charge in [-0.3, -0.25) is 4.98 Å². The Morgan fingerprint density at radius 1 is 1.37 bits per heavy atom. The highest BCUT2D eigenvalue weighted by Crippen LogP contribution is 2.31. The molecule has 0 aliphatic carbocycles. The van der Waals surface area contributed by atoms with Crippen molar-refractivity contribution in [2.24, 2.45) is 0 Å². The van der Waals surface area contributed by atoms with Gasteiger partial charge in [-0.15, -0.1) is 0 Å². The second-order valence-electron chi connectivity index (χ2n) is 6.43. The third-order valence-corrected chi connectivity index (χ3v) is 2.73. The molecule has 0 radical (unpaired) electrons. The van der Waals surface area contributed by atoms with Gasteiger partial charge in [0, 0.05) is 24.8 Å². The second kappa shape index (κ2) is 5.64. The lowest BCUT2D eigenvalue weighted by Crippen LogP contribution is -2.29. The molecule has 0 aromatic carbocycles. The first kappa shape index (κ1) is 15.5. The fraction of sp³-hybridized carbons (Fsp3) is 0.562. The topological polar surface area (TPSA) is 28.2 Å². The summed E-state index contributed by atoms with van der Waals surface area (Å²) < 4.78 is 0. The predicted octanol–water partition coefficient (Wildman–Crippen LogP) is 3.92. The highest BCUT2D eigenvalue weighted by Gasteiger charge is 2.17. The zero-order valence-corrected chi connectivity index (χ0v) is 13.4. The molecule has 1 N–H and O–H groups in total. The van der Waals surface area contributed by atoms with Crippen LogP contribution in [0.2, 0.25) is 0 Å². The number of rotatable bonds is 4. The van der Waals surface area contributed by atoms with Crippen LogP contribution in [0.1, 0.15) is 39.1 Å². The monoisotopic (exact) mass is 261 g/mol. The van der Waals surface area contributed by atoms with Gasteiger partial charge in [-0.1, -0.05) is 12.2 Å². The van der Waals surface area contributed by atoms with E-state index in [1.807, 2.05) is 13.8 Å². The Balaban J connectivity index is 3.23. The lowest BCUT2D eigenvalue weighted by Gasteiger charge is -2.29. The van der Waals surface area contributed by atoms with Crippen LogP contribution in [0.4, 0.5) is 11.4 Å². The summed E-state index contributed by atoms with van der Waals surface area (Å²) in [5, 5.41) is 3.57. The molecule has 19 heavy (non-hydrogen) atoms. The molecule has 3 heteroatoms. The summed E-state index contributed by atoms with van der Waals surface area (Å²) >= 11 is 0. The minimum Gasteiger partial charge on any atom is -0.377 e. The first-order valence-electron chi connectivity index (χ1n) is 6.72. The van der Waals surface area contributed by atoms with Gasteiger partial charge in [0.1, 0.15) is 0 Å². The standard InChI is InChI=1S/C16H27N3/c1-11(2)10-19(8)14-9-12(3)17-13(4)15(14)18-16(5,6)7/h9,18H,1,10H2,2-8H3. The van der Waals surface area contributed by atoms with Crippen LogP contribution in [0.5, 0.6) is 0 Å². The lowest BCUT2D eigenvalue weighted by molar-refractivity contribution is 0.632. The molecule has 0 aliphatic rings. The van der Waals surface area contributed by atoms with E-state index >= 15 is 0 Å². The third kappa shape index (κ3) is 4.58. The van der Waals surface area contributed by atoms with Gasteiger partial charge in [-0.25, -0.2) is 0 Å². The maximum Gasteiger partial charge on any atom is 0.0798 e. The van der Waals surface area contributed by atoms with Crippen molar-refractivity contribution in [1.82, 2.24) is 4.98 Å². The molecule has 0 unspecified atom stereocenters. The first-order valence-corrected chi connectivity index (χ1v) is 6.72. The molecule has 0 spiro atoms. The van der Waals surface area contributed by atoms with Crippen molar-refractivity contribution in [1.29, 1.82) is 0 Å². The van der Waals surface area contributed by atoms with Crippen LogP contribution in [-0.4, -0.2) is 24.1 Å². The summed E-state index contributed by atoms with van der Waals surface area (Å²) in [7, 11) is 2.09. The quantitative estimate of drug-likeness (QED) is 0.833. The van der Waals surface area contributed by atoms with E-state index in [-0.39, 0.29) is 5.54 Å². The van der Waals surface area contributed by atoms with Gasteiger partial charge in [-0.05, 0) is 47.6 Å². The van der Waals surface area contributed by atoms with Gasteiger partial charge in [0.2, 0.25) is 0 Å². The molecule has 106 valence electrons. The maximum absolute atomic E-state index is 4.57. The van der Waals surface area contributed by atoms with E-state index in [4.69, 9.17) is 0 Å². The Hall–Kier alpha value is -1.51. The molecule has 1 aromatic heterocycles. The van der Waals surface area contributed by atoms with E-state index in [1.54, 1.807) is 0 Å². The van der Waals surface area contributed by atoms with Gasteiger partial charge >= 0.3 is 0 Å². The molecule has 0 amide bonds. The molecule has 0 saturated carbocycles.